The molecule has 18 heavy (non-hydrogen) atoms. The minimum Gasteiger partial charge on any atom is -0.396 e. The monoisotopic (exact) mass is 275 g/mol. The van der Waals surface area contributed by atoms with Gasteiger partial charge in [-0.1, -0.05) is 0 Å². The first-order valence-corrected chi connectivity index (χ1v) is 6.46. The van der Waals surface area contributed by atoms with Crippen molar-refractivity contribution < 1.29 is 18.7 Å². The van der Waals surface area contributed by atoms with Crippen LogP contribution in [0.4, 0.5) is 8.78 Å². The SMILES string of the molecule is CN(CCCO)C(=O)CSc1ccc(F)cc1F. The van der Waals surface area contributed by atoms with Crippen LogP contribution < -0.4 is 0 Å². The molecule has 1 aromatic rings. The van der Waals surface area contributed by atoms with Crippen LogP contribution in [0.15, 0.2) is 23.1 Å². The molecule has 1 amide bonds. The van der Waals surface area contributed by atoms with Gasteiger partial charge in [0.25, 0.3) is 0 Å². The van der Waals surface area contributed by atoms with Crippen molar-refractivity contribution in [2.45, 2.75) is 11.3 Å². The maximum Gasteiger partial charge on any atom is 0.232 e. The first-order valence-electron chi connectivity index (χ1n) is 5.47. The summed E-state index contributed by atoms with van der Waals surface area (Å²) in [6, 6.07) is 3.27. The molecule has 0 atom stereocenters. The van der Waals surface area contributed by atoms with Crippen LogP contribution in [-0.4, -0.2) is 41.9 Å². The lowest BCUT2D eigenvalue weighted by molar-refractivity contribution is -0.127. The molecular weight excluding hydrogens is 260 g/mol. The quantitative estimate of drug-likeness (QED) is 0.806. The fourth-order valence-corrected chi connectivity index (χ4v) is 2.13. The standard InChI is InChI=1S/C12H15F2NO2S/c1-15(5-2-6-16)12(17)8-18-11-4-3-9(13)7-10(11)14/h3-4,7,16H,2,5-6,8H2,1H3. The third-order valence-corrected chi connectivity index (χ3v) is 3.36. The molecule has 0 aromatic heterocycles. The average molecular weight is 275 g/mol. The Bertz CT molecular complexity index is 415. The van der Waals surface area contributed by atoms with Crippen molar-refractivity contribution in [3.63, 3.8) is 0 Å². The van der Waals surface area contributed by atoms with Crippen molar-refractivity contribution in [2.75, 3.05) is 26.0 Å². The summed E-state index contributed by atoms with van der Waals surface area (Å²) in [6.45, 7) is 0.485. The van der Waals surface area contributed by atoms with E-state index in [1.54, 1.807) is 7.05 Å². The average Bonchev–Trinajstić information content (AvgIpc) is 2.34. The third-order valence-electron chi connectivity index (χ3n) is 2.32. The number of halogens is 2. The summed E-state index contributed by atoms with van der Waals surface area (Å²) in [6.07, 6.45) is 0.512. The fraction of sp³-hybridized carbons (Fsp3) is 0.417. The molecule has 1 rings (SSSR count). The van der Waals surface area contributed by atoms with Gasteiger partial charge >= 0.3 is 0 Å². The maximum absolute atomic E-state index is 13.3. The number of amides is 1. The van der Waals surface area contributed by atoms with Gasteiger partial charge in [0, 0.05) is 31.2 Å². The molecule has 0 aliphatic rings. The summed E-state index contributed by atoms with van der Waals surface area (Å²) in [7, 11) is 1.62. The first kappa shape index (κ1) is 14.9. The van der Waals surface area contributed by atoms with E-state index in [0.29, 0.717) is 13.0 Å². The highest BCUT2D eigenvalue weighted by atomic mass is 32.2. The van der Waals surface area contributed by atoms with Gasteiger partial charge in [0.15, 0.2) is 0 Å². The van der Waals surface area contributed by atoms with Gasteiger partial charge in [-0.05, 0) is 18.6 Å². The minimum absolute atomic E-state index is 0.0252. The number of nitrogens with zero attached hydrogens (tertiary/aromatic N) is 1. The predicted molar refractivity (Wildman–Crippen MR) is 66.4 cm³/mol. The number of hydrogen-bond donors (Lipinski definition) is 1. The molecule has 3 nitrogen and oxygen atoms in total. The van der Waals surface area contributed by atoms with Crippen molar-refractivity contribution in [2.24, 2.45) is 0 Å². The second-order valence-electron chi connectivity index (χ2n) is 3.76. The van der Waals surface area contributed by atoms with Crippen LogP contribution in [0.3, 0.4) is 0 Å². The van der Waals surface area contributed by atoms with Crippen molar-refractivity contribution in [3.05, 3.63) is 29.8 Å². The van der Waals surface area contributed by atoms with Crippen molar-refractivity contribution in [3.8, 4) is 0 Å². The molecule has 0 unspecified atom stereocenters. The number of carbonyl (C=O) groups is 1. The molecule has 0 bridgehead atoms. The molecule has 6 heteroatoms. The second kappa shape index (κ2) is 7.33. The lowest BCUT2D eigenvalue weighted by Crippen LogP contribution is -2.29. The zero-order valence-electron chi connectivity index (χ0n) is 10.0. The lowest BCUT2D eigenvalue weighted by Gasteiger charge is -2.16. The Labute approximate surface area is 109 Å². The first-order chi connectivity index (χ1) is 8.54. The Morgan fingerprint density at radius 3 is 2.78 bits per heavy atom. The Morgan fingerprint density at radius 2 is 2.17 bits per heavy atom. The van der Waals surface area contributed by atoms with E-state index in [1.165, 1.54) is 11.0 Å². The number of carbonyl (C=O) groups excluding carboxylic acids is 1. The van der Waals surface area contributed by atoms with Gasteiger partial charge in [-0.15, -0.1) is 11.8 Å². The largest absolute Gasteiger partial charge is 0.396 e. The van der Waals surface area contributed by atoms with E-state index in [2.05, 4.69) is 0 Å². The van der Waals surface area contributed by atoms with E-state index in [1.807, 2.05) is 0 Å². The molecule has 0 fully saturated rings. The van der Waals surface area contributed by atoms with Crippen LogP contribution in [0, 0.1) is 11.6 Å². The van der Waals surface area contributed by atoms with E-state index >= 15 is 0 Å². The van der Waals surface area contributed by atoms with Gasteiger partial charge in [-0.3, -0.25) is 4.79 Å². The van der Waals surface area contributed by atoms with E-state index < -0.39 is 11.6 Å². The van der Waals surface area contributed by atoms with E-state index in [-0.39, 0.29) is 23.2 Å². The van der Waals surface area contributed by atoms with Gasteiger partial charge < -0.3 is 10.0 Å². The summed E-state index contributed by atoms with van der Waals surface area (Å²) >= 11 is 1.03. The summed E-state index contributed by atoms with van der Waals surface area (Å²) < 4.78 is 26.0. The molecule has 0 saturated heterocycles. The van der Waals surface area contributed by atoms with Gasteiger partial charge in [-0.25, -0.2) is 8.78 Å². The Morgan fingerprint density at radius 1 is 1.44 bits per heavy atom. The van der Waals surface area contributed by atoms with Gasteiger partial charge in [0.05, 0.1) is 5.75 Å². The van der Waals surface area contributed by atoms with Crippen LogP contribution in [-0.2, 0) is 4.79 Å². The smallest absolute Gasteiger partial charge is 0.232 e. The van der Waals surface area contributed by atoms with Crippen LogP contribution in [0.1, 0.15) is 6.42 Å². The topological polar surface area (TPSA) is 40.5 Å². The molecule has 0 heterocycles. The highest BCUT2D eigenvalue weighted by Crippen LogP contribution is 2.22. The molecule has 0 saturated carbocycles. The summed E-state index contributed by atoms with van der Waals surface area (Å²) in [5, 5.41) is 8.64. The normalized spacial score (nSPS) is 10.4. The van der Waals surface area contributed by atoms with E-state index in [9.17, 15) is 13.6 Å². The van der Waals surface area contributed by atoms with Crippen molar-refractivity contribution >= 4 is 17.7 Å². The molecule has 0 aliphatic heterocycles. The van der Waals surface area contributed by atoms with E-state index in [0.717, 1.165) is 23.9 Å². The molecule has 0 aliphatic carbocycles. The molecule has 0 radical (unpaired) electrons. The number of benzene rings is 1. The van der Waals surface area contributed by atoms with Crippen molar-refractivity contribution in [1.29, 1.82) is 0 Å². The summed E-state index contributed by atoms with van der Waals surface area (Å²) in [4.78, 5) is 13.4. The number of aliphatic hydroxyl groups is 1. The molecular formula is C12H15F2NO2S. The Hall–Kier alpha value is -1.14. The number of hydrogen-bond acceptors (Lipinski definition) is 3. The highest BCUT2D eigenvalue weighted by molar-refractivity contribution is 8.00. The minimum atomic E-state index is -0.661. The number of rotatable bonds is 6. The molecule has 0 spiro atoms. The van der Waals surface area contributed by atoms with Gasteiger partial charge in [0.2, 0.25) is 5.91 Å². The number of aliphatic hydroxyl groups excluding tert-OH is 1. The molecule has 100 valence electrons. The number of thioether (sulfide) groups is 1. The van der Waals surface area contributed by atoms with E-state index in [4.69, 9.17) is 5.11 Å². The molecule has 1 aromatic carbocycles. The summed E-state index contributed by atoms with van der Waals surface area (Å²) in [5.74, 6) is -1.36. The second-order valence-corrected chi connectivity index (χ2v) is 4.77. The predicted octanol–water partition coefficient (Wildman–Crippen LogP) is 1.90. The van der Waals surface area contributed by atoms with Crippen LogP contribution in [0.5, 0.6) is 0 Å². The van der Waals surface area contributed by atoms with Crippen LogP contribution >= 0.6 is 11.8 Å². The zero-order valence-corrected chi connectivity index (χ0v) is 10.8. The van der Waals surface area contributed by atoms with Crippen molar-refractivity contribution in [1.82, 2.24) is 4.90 Å². The van der Waals surface area contributed by atoms with Gasteiger partial charge in [-0.2, -0.15) is 0 Å². The lowest BCUT2D eigenvalue weighted by atomic mass is 10.3. The highest BCUT2D eigenvalue weighted by Gasteiger charge is 2.11. The fourth-order valence-electron chi connectivity index (χ4n) is 1.27. The van der Waals surface area contributed by atoms with Crippen LogP contribution in [0.25, 0.3) is 0 Å². The molecule has 1 N–H and O–H groups in total. The third kappa shape index (κ3) is 4.62. The van der Waals surface area contributed by atoms with Crippen LogP contribution in [0.2, 0.25) is 0 Å². The summed E-state index contributed by atoms with van der Waals surface area (Å²) in [5.41, 5.74) is 0. The Balaban J connectivity index is 2.47. The Kier molecular flexibility index (Phi) is 6.07. The zero-order chi connectivity index (χ0) is 13.5. The maximum atomic E-state index is 13.3. The van der Waals surface area contributed by atoms with Gasteiger partial charge in [0.1, 0.15) is 11.6 Å².